The maximum absolute atomic E-state index is 12.5. The Morgan fingerprint density at radius 3 is 2.82 bits per heavy atom. The predicted molar refractivity (Wildman–Crippen MR) is 78.9 cm³/mol. The third kappa shape index (κ3) is 2.56. The summed E-state index contributed by atoms with van der Waals surface area (Å²) in [6.45, 7) is 7.05. The third-order valence-corrected chi connectivity index (χ3v) is 5.27. The molecule has 3 aliphatic rings. The summed E-state index contributed by atoms with van der Waals surface area (Å²) in [5, 5.41) is 0. The number of hydrogen-bond donors (Lipinski definition) is 0. The van der Waals surface area contributed by atoms with Crippen LogP contribution in [0.25, 0.3) is 0 Å². The van der Waals surface area contributed by atoms with Gasteiger partial charge in [-0.2, -0.15) is 0 Å². The Kier molecular flexibility index (Phi) is 4.02. The number of hydrogen-bond acceptors (Lipinski definition) is 5. The molecular weight excluding hydrogens is 284 g/mol. The van der Waals surface area contributed by atoms with Gasteiger partial charge in [-0.1, -0.05) is 19.9 Å². The van der Waals surface area contributed by atoms with Crippen LogP contribution in [0.15, 0.2) is 11.6 Å². The Labute approximate surface area is 131 Å². The second kappa shape index (κ2) is 5.69. The molecule has 5 nitrogen and oxygen atoms in total. The summed E-state index contributed by atoms with van der Waals surface area (Å²) < 4.78 is 16.1. The van der Waals surface area contributed by atoms with Gasteiger partial charge in [0, 0.05) is 0 Å². The lowest BCUT2D eigenvalue weighted by Crippen LogP contribution is -2.45. The summed E-state index contributed by atoms with van der Waals surface area (Å²) >= 11 is 0. The van der Waals surface area contributed by atoms with E-state index in [2.05, 4.69) is 13.8 Å². The molecule has 2 heterocycles. The Morgan fingerprint density at radius 2 is 2.23 bits per heavy atom. The zero-order valence-electron chi connectivity index (χ0n) is 13.5. The number of carbonyl (C=O) groups excluding carboxylic acids is 2. The first-order valence-corrected chi connectivity index (χ1v) is 8.17. The molecule has 0 aromatic heterocycles. The minimum absolute atomic E-state index is 0.00552. The van der Waals surface area contributed by atoms with Gasteiger partial charge in [-0.3, -0.25) is 4.79 Å². The molecule has 1 spiro atoms. The monoisotopic (exact) mass is 308 g/mol. The van der Waals surface area contributed by atoms with Crippen LogP contribution in [0.3, 0.4) is 0 Å². The number of rotatable bonds is 3. The van der Waals surface area contributed by atoms with E-state index >= 15 is 0 Å². The number of fused-ring (bicyclic) bond motifs is 2. The van der Waals surface area contributed by atoms with E-state index in [1.807, 2.05) is 6.08 Å². The molecule has 1 saturated heterocycles. The first kappa shape index (κ1) is 15.5. The average Bonchev–Trinajstić information content (AvgIpc) is 3.24. The molecule has 0 aromatic carbocycles. The summed E-state index contributed by atoms with van der Waals surface area (Å²) in [5.74, 6) is -0.117. The quantitative estimate of drug-likeness (QED) is 0.590. The van der Waals surface area contributed by atoms with Crippen molar-refractivity contribution in [1.29, 1.82) is 0 Å². The number of allylic oxidation sites excluding steroid dienone is 1. The molecule has 1 aliphatic carbocycles. The van der Waals surface area contributed by atoms with Gasteiger partial charge in [0.25, 0.3) is 0 Å². The van der Waals surface area contributed by atoms with Gasteiger partial charge in [0.05, 0.1) is 24.7 Å². The minimum atomic E-state index is -0.380. The van der Waals surface area contributed by atoms with Crippen LogP contribution in [-0.2, 0) is 23.8 Å². The zero-order chi connectivity index (χ0) is 15.9. The average molecular weight is 308 g/mol. The van der Waals surface area contributed by atoms with Crippen molar-refractivity contribution in [1.82, 2.24) is 0 Å². The van der Waals surface area contributed by atoms with Crippen molar-refractivity contribution in [2.45, 2.75) is 39.2 Å². The van der Waals surface area contributed by atoms with Crippen LogP contribution in [0.5, 0.6) is 0 Å². The number of epoxide rings is 1. The molecule has 0 amide bonds. The molecule has 3 rings (SSSR count). The summed E-state index contributed by atoms with van der Waals surface area (Å²) in [5.41, 5.74) is 0.111. The van der Waals surface area contributed by atoms with Gasteiger partial charge in [-0.05, 0) is 37.5 Å². The van der Waals surface area contributed by atoms with Gasteiger partial charge in [0.15, 0.2) is 0 Å². The van der Waals surface area contributed by atoms with Crippen LogP contribution >= 0.6 is 0 Å². The van der Waals surface area contributed by atoms with Crippen LogP contribution in [0, 0.1) is 23.7 Å². The van der Waals surface area contributed by atoms with Crippen LogP contribution in [0.4, 0.5) is 0 Å². The highest BCUT2D eigenvalue weighted by Gasteiger charge is 2.62. The minimum Gasteiger partial charge on any atom is -0.463 e. The van der Waals surface area contributed by atoms with Crippen molar-refractivity contribution < 1.29 is 23.8 Å². The molecule has 2 fully saturated rings. The van der Waals surface area contributed by atoms with E-state index in [4.69, 9.17) is 14.2 Å². The number of cyclic esters (lactones) is 1. The van der Waals surface area contributed by atoms with E-state index in [0.717, 1.165) is 12.8 Å². The van der Waals surface area contributed by atoms with Crippen molar-refractivity contribution in [3.05, 3.63) is 11.6 Å². The van der Waals surface area contributed by atoms with Crippen LogP contribution in [0.2, 0.25) is 0 Å². The highest BCUT2D eigenvalue weighted by Crippen LogP contribution is 2.54. The van der Waals surface area contributed by atoms with E-state index in [1.165, 1.54) is 0 Å². The SMILES string of the molecule is CCOC(=O)C1=C[C@H]2[C@@H](C(C)C)CCC3(CO3)[C@H]2C(=O)OC1. The Hall–Kier alpha value is -1.36. The molecule has 4 atom stereocenters. The Balaban J connectivity index is 1.95. The van der Waals surface area contributed by atoms with E-state index < -0.39 is 0 Å². The largest absolute Gasteiger partial charge is 0.463 e. The first-order valence-electron chi connectivity index (χ1n) is 8.17. The van der Waals surface area contributed by atoms with Crippen molar-refractivity contribution in [3.63, 3.8) is 0 Å². The van der Waals surface area contributed by atoms with Crippen molar-refractivity contribution in [2.24, 2.45) is 23.7 Å². The predicted octanol–water partition coefficient (Wildman–Crippen LogP) is 2.10. The van der Waals surface area contributed by atoms with E-state index in [-0.39, 0.29) is 36.0 Å². The standard InChI is InChI=1S/C17H24O5/c1-4-20-15(18)11-7-13-12(10(2)3)5-6-17(9-22-17)14(13)16(19)21-8-11/h7,10,12-14H,4-6,8-9H2,1-3H3/t12-,13+,14-,17?/m1/s1. The molecule has 122 valence electrons. The molecule has 2 aliphatic heterocycles. The fourth-order valence-electron chi connectivity index (χ4n) is 4.01. The lowest BCUT2D eigenvalue weighted by molar-refractivity contribution is -0.154. The topological polar surface area (TPSA) is 65.1 Å². The van der Waals surface area contributed by atoms with E-state index in [1.54, 1.807) is 6.92 Å². The molecule has 0 N–H and O–H groups in total. The summed E-state index contributed by atoms with van der Waals surface area (Å²) in [4.78, 5) is 24.6. The van der Waals surface area contributed by atoms with Crippen molar-refractivity contribution in [3.8, 4) is 0 Å². The lowest BCUT2D eigenvalue weighted by atomic mass is 9.63. The lowest BCUT2D eigenvalue weighted by Gasteiger charge is -2.40. The number of ether oxygens (including phenoxy) is 3. The molecular formula is C17H24O5. The zero-order valence-corrected chi connectivity index (χ0v) is 13.5. The van der Waals surface area contributed by atoms with Gasteiger partial charge in [-0.25, -0.2) is 4.79 Å². The molecule has 0 aromatic rings. The first-order chi connectivity index (χ1) is 10.5. The summed E-state index contributed by atoms with van der Waals surface area (Å²) in [6, 6.07) is 0. The van der Waals surface area contributed by atoms with Crippen molar-refractivity contribution >= 4 is 11.9 Å². The van der Waals surface area contributed by atoms with E-state index in [0.29, 0.717) is 30.6 Å². The normalized spacial score (nSPS) is 37.2. The Morgan fingerprint density at radius 1 is 1.50 bits per heavy atom. The molecule has 0 bridgehead atoms. The second-order valence-electron chi connectivity index (χ2n) is 6.88. The fourth-order valence-corrected chi connectivity index (χ4v) is 4.01. The number of esters is 2. The van der Waals surface area contributed by atoms with Crippen LogP contribution < -0.4 is 0 Å². The molecule has 1 unspecified atom stereocenters. The van der Waals surface area contributed by atoms with Gasteiger partial charge in [0.1, 0.15) is 12.2 Å². The van der Waals surface area contributed by atoms with Crippen molar-refractivity contribution in [2.75, 3.05) is 19.8 Å². The summed E-state index contributed by atoms with van der Waals surface area (Å²) in [7, 11) is 0. The molecule has 1 saturated carbocycles. The van der Waals surface area contributed by atoms with E-state index in [9.17, 15) is 9.59 Å². The van der Waals surface area contributed by atoms with Crippen LogP contribution in [0.1, 0.15) is 33.6 Å². The van der Waals surface area contributed by atoms with Gasteiger partial charge in [-0.15, -0.1) is 0 Å². The maximum atomic E-state index is 12.5. The molecule has 0 radical (unpaired) electrons. The smallest absolute Gasteiger partial charge is 0.337 e. The highest BCUT2D eigenvalue weighted by molar-refractivity contribution is 5.90. The fraction of sp³-hybridized carbons (Fsp3) is 0.765. The van der Waals surface area contributed by atoms with Gasteiger partial charge >= 0.3 is 11.9 Å². The molecule has 22 heavy (non-hydrogen) atoms. The Bertz CT molecular complexity index is 503. The van der Waals surface area contributed by atoms with Gasteiger partial charge in [0.2, 0.25) is 0 Å². The highest BCUT2D eigenvalue weighted by atomic mass is 16.6. The number of carbonyl (C=O) groups is 2. The summed E-state index contributed by atoms with van der Waals surface area (Å²) in [6.07, 6.45) is 3.84. The van der Waals surface area contributed by atoms with Gasteiger partial charge < -0.3 is 14.2 Å². The second-order valence-corrected chi connectivity index (χ2v) is 6.88. The third-order valence-electron chi connectivity index (χ3n) is 5.27. The molecule has 5 heteroatoms. The van der Waals surface area contributed by atoms with Crippen LogP contribution in [-0.4, -0.2) is 37.4 Å². The maximum Gasteiger partial charge on any atom is 0.337 e.